The van der Waals surface area contributed by atoms with Gasteiger partial charge in [0.2, 0.25) is 5.91 Å². The zero-order chi connectivity index (χ0) is 14.4. The molecule has 2 atom stereocenters. The molecule has 5 heteroatoms. The molecule has 2 aliphatic heterocycles. The summed E-state index contributed by atoms with van der Waals surface area (Å²) in [5.41, 5.74) is 0. The molecule has 5 nitrogen and oxygen atoms in total. The molecule has 2 aliphatic rings. The van der Waals surface area contributed by atoms with Crippen LogP contribution in [0.25, 0.3) is 0 Å². The first-order valence-corrected chi connectivity index (χ1v) is 7.97. The van der Waals surface area contributed by atoms with Gasteiger partial charge in [0.25, 0.3) is 0 Å². The Hall–Kier alpha value is -0.650. The number of amides is 1. The number of hydrogen-bond acceptors (Lipinski definition) is 4. The van der Waals surface area contributed by atoms with Crippen LogP contribution in [0.4, 0.5) is 0 Å². The zero-order valence-electron chi connectivity index (χ0n) is 12.9. The molecule has 0 aromatic rings. The number of hydrogen-bond donors (Lipinski definition) is 1. The predicted octanol–water partition coefficient (Wildman–Crippen LogP) is 0.698. The van der Waals surface area contributed by atoms with E-state index in [1.165, 1.54) is 12.8 Å². The molecule has 0 saturated carbocycles. The van der Waals surface area contributed by atoms with Crippen LogP contribution < -0.4 is 5.32 Å². The van der Waals surface area contributed by atoms with Crippen molar-refractivity contribution in [1.29, 1.82) is 0 Å². The number of rotatable bonds is 7. The van der Waals surface area contributed by atoms with E-state index in [-0.39, 0.29) is 11.9 Å². The Bertz CT molecular complexity index is 299. The highest BCUT2D eigenvalue weighted by Crippen LogP contribution is 2.14. The van der Waals surface area contributed by atoms with E-state index in [4.69, 9.17) is 4.74 Å². The van der Waals surface area contributed by atoms with Gasteiger partial charge in [-0.15, -0.1) is 0 Å². The lowest BCUT2D eigenvalue weighted by Gasteiger charge is -2.32. The molecule has 0 aromatic heterocycles. The lowest BCUT2D eigenvalue weighted by Crippen LogP contribution is -2.50. The second-order valence-corrected chi connectivity index (χ2v) is 5.99. The first kappa shape index (κ1) is 15.7. The minimum Gasteiger partial charge on any atom is -0.383 e. The molecular formula is C15H29N3O2. The molecule has 2 fully saturated rings. The van der Waals surface area contributed by atoms with Crippen LogP contribution in [-0.4, -0.2) is 74.2 Å². The van der Waals surface area contributed by atoms with E-state index in [9.17, 15) is 4.79 Å². The molecule has 0 spiro atoms. The molecule has 0 aliphatic carbocycles. The summed E-state index contributed by atoms with van der Waals surface area (Å²) < 4.78 is 5.21. The first-order chi connectivity index (χ1) is 9.72. The summed E-state index contributed by atoms with van der Waals surface area (Å²) >= 11 is 0. The van der Waals surface area contributed by atoms with Crippen LogP contribution >= 0.6 is 0 Å². The Balaban J connectivity index is 1.90. The normalized spacial score (nSPS) is 24.6. The molecule has 2 saturated heterocycles. The molecule has 116 valence electrons. The topological polar surface area (TPSA) is 44.8 Å². The second kappa shape index (κ2) is 7.96. The van der Waals surface area contributed by atoms with Gasteiger partial charge in [-0.1, -0.05) is 0 Å². The van der Waals surface area contributed by atoms with Gasteiger partial charge in [-0.05, 0) is 39.2 Å². The maximum atomic E-state index is 12.5. The van der Waals surface area contributed by atoms with Crippen molar-refractivity contribution in [3.8, 4) is 0 Å². The van der Waals surface area contributed by atoms with Crippen LogP contribution in [0.2, 0.25) is 0 Å². The lowest BCUT2D eigenvalue weighted by molar-refractivity contribution is -0.135. The second-order valence-electron chi connectivity index (χ2n) is 5.99. The zero-order valence-corrected chi connectivity index (χ0v) is 12.9. The van der Waals surface area contributed by atoms with Gasteiger partial charge in [0.1, 0.15) is 0 Å². The summed E-state index contributed by atoms with van der Waals surface area (Å²) in [5.74, 6) is 0.289. The van der Waals surface area contributed by atoms with Crippen molar-refractivity contribution in [1.82, 2.24) is 15.1 Å². The van der Waals surface area contributed by atoms with Crippen LogP contribution in [-0.2, 0) is 9.53 Å². The van der Waals surface area contributed by atoms with Crippen LogP contribution in [0.3, 0.4) is 0 Å². The summed E-state index contributed by atoms with van der Waals surface area (Å²) in [4.78, 5) is 16.9. The third kappa shape index (κ3) is 4.17. The minimum atomic E-state index is -0.0364. The van der Waals surface area contributed by atoms with Crippen LogP contribution in [0.5, 0.6) is 0 Å². The number of methoxy groups -OCH3 is 1. The maximum Gasteiger partial charge on any atom is 0.239 e. The third-order valence-electron chi connectivity index (χ3n) is 4.52. The van der Waals surface area contributed by atoms with Crippen molar-refractivity contribution >= 4 is 5.91 Å². The minimum absolute atomic E-state index is 0.0364. The Morgan fingerprint density at radius 2 is 2.15 bits per heavy atom. The molecule has 0 aromatic carbocycles. The fourth-order valence-electron chi connectivity index (χ4n) is 3.21. The largest absolute Gasteiger partial charge is 0.383 e. The summed E-state index contributed by atoms with van der Waals surface area (Å²) in [7, 11) is 1.72. The molecule has 1 amide bonds. The maximum absolute atomic E-state index is 12.5. The van der Waals surface area contributed by atoms with E-state index in [1.54, 1.807) is 7.11 Å². The molecule has 2 heterocycles. The number of carbonyl (C=O) groups excluding carboxylic acids is 1. The van der Waals surface area contributed by atoms with Crippen molar-refractivity contribution in [2.24, 2.45) is 0 Å². The average Bonchev–Trinajstić information content (AvgIpc) is 3.14. The van der Waals surface area contributed by atoms with Gasteiger partial charge in [0, 0.05) is 39.3 Å². The van der Waals surface area contributed by atoms with Gasteiger partial charge in [0.05, 0.1) is 12.6 Å². The molecule has 20 heavy (non-hydrogen) atoms. The van der Waals surface area contributed by atoms with Crippen molar-refractivity contribution in [2.45, 2.75) is 44.7 Å². The van der Waals surface area contributed by atoms with Crippen LogP contribution in [0, 0.1) is 0 Å². The fraction of sp³-hybridized carbons (Fsp3) is 0.933. The smallest absolute Gasteiger partial charge is 0.239 e. The van der Waals surface area contributed by atoms with Gasteiger partial charge < -0.3 is 15.0 Å². The van der Waals surface area contributed by atoms with E-state index in [0.29, 0.717) is 12.6 Å². The van der Waals surface area contributed by atoms with Gasteiger partial charge in [-0.2, -0.15) is 0 Å². The highest BCUT2D eigenvalue weighted by atomic mass is 16.5. The fourth-order valence-corrected chi connectivity index (χ4v) is 3.21. The molecular weight excluding hydrogens is 254 g/mol. The molecule has 2 unspecified atom stereocenters. The Labute approximate surface area is 122 Å². The summed E-state index contributed by atoms with van der Waals surface area (Å²) in [6.07, 6.45) is 4.77. The van der Waals surface area contributed by atoms with Gasteiger partial charge in [0.15, 0.2) is 0 Å². The first-order valence-electron chi connectivity index (χ1n) is 7.97. The standard InChI is InChI=1S/C15H29N3O2/c1-13(15(19)17-8-3-4-9-17)18(10-11-20-2)12-14-6-5-7-16-14/h13-14,16H,3-12H2,1-2H3. The Kier molecular flexibility index (Phi) is 6.26. The van der Waals surface area contributed by atoms with Gasteiger partial charge in [-0.25, -0.2) is 0 Å². The van der Waals surface area contributed by atoms with Gasteiger partial charge in [-0.3, -0.25) is 9.69 Å². The van der Waals surface area contributed by atoms with Crippen molar-refractivity contribution in [2.75, 3.05) is 46.4 Å². The van der Waals surface area contributed by atoms with Crippen molar-refractivity contribution in [3.63, 3.8) is 0 Å². The predicted molar refractivity (Wildman–Crippen MR) is 79.7 cm³/mol. The monoisotopic (exact) mass is 283 g/mol. The van der Waals surface area contributed by atoms with E-state index in [1.807, 2.05) is 11.8 Å². The van der Waals surface area contributed by atoms with E-state index in [2.05, 4.69) is 10.2 Å². The highest BCUT2D eigenvalue weighted by Gasteiger charge is 2.29. The van der Waals surface area contributed by atoms with E-state index < -0.39 is 0 Å². The van der Waals surface area contributed by atoms with Crippen molar-refractivity contribution in [3.05, 3.63) is 0 Å². The van der Waals surface area contributed by atoms with E-state index in [0.717, 1.165) is 45.6 Å². The average molecular weight is 283 g/mol. The number of likely N-dealkylation sites (tertiary alicyclic amines) is 1. The third-order valence-corrected chi connectivity index (χ3v) is 4.52. The molecule has 1 N–H and O–H groups in total. The summed E-state index contributed by atoms with van der Waals surface area (Å²) in [6.45, 7) is 7.48. The summed E-state index contributed by atoms with van der Waals surface area (Å²) in [6, 6.07) is 0.492. The number of nitrogens with zero attached hydrogens (tertiary/aromatic N) is 2. The molecule has 0 radical (unpaired) electrons. The van der Waals surface area contributed by atoms with Crippen LogP contribution in [0.15, 0.2) is 0 Å². The lowest BCUT2D eigenvalue weighted by atomic mass is 10.1. The number of nitrogens with one attached hydrogen (secondary N) is 1. The summed E-state index contributed by atoms with van der Waals surface area (Å²) in [5, 5.41) is 3.52. The molecule has 0 bridgehead atoms. The molecule has 2 rings (SSSR count). The number of ether oxygens (including phenoxy) is 1. The van der Waals surface area contributed by atoms with Crippen LogP contribution in [0.1, 0.15) is 32.6 Å². The SMILES string of the molecule is COCCN(CC1CCCN1)C(C)C(=O)N1CCCC1. The van der Waals surface area contributed by atoms with Crippen molar-refractivity contribution < 1.29 is 9.53 Å². The number of carbonyl (C=O) groups is 1. The Morgan fingerprint density at radius 3 is 2.75 bits per heavy atom. The van der Waals surface area contributed by atoms with E-state index >= 15 is 0 Å². The van der Waals surface area contributed by atoms with Gasteiger partial charge >= 0.3 is 0 Å². The Morgan fingerprint density at radius 1 is 1.40 bits per heavy atom. The highest BCUT2D eigenvalue weighted by molar-refractivity contribution is 5.81. The quantitative estimate of drug-likeness (QED) is 0.747.